The summed E-state index contributed by atoms with van der Waals surface area (Å²) in [5.41, 5.74) is 5.94. The molecule has 0 aliphatic carbocycles. The highest BCUT2D eigenvalue weighted by Crippen LogP contribution is 2.23. The van der Waals surface area contributed by atoms with E-state index >= 15 is 0 Å². The zero-order valence-electron chi connectivity index (χ0n) is 13.7. The molecule has 0 aliphatic heterocycles. The number of carbonyl (C=O) groups excluding carboxylic acids is 2. The van der Waals surface area contributed by atoms with Gasteiger partial charge in [0, 0.05) is 25.1 Å². The SMILES string of the molecule is CCn1c(CCC(N)=O)nnc1S[C@@H](C)C(=O)Nc1ccccc1. The molecule has 2 amide bonds. The van der Waals surface area contributed by atoms with Gasteiger partial charge in [-0.1, -0.05) is 30.0 Å². The first kappa shape index (κ1) is 18.0. The van der Waals surface area contributed by atoms with Gasteiger partial charge in [-0.2, -0.15) is 0 Å². The summed E-state index contributed by atoms with van der Waals surface area (Å²) in [4.78, 5) is 23.2. The van der Waals surface area contributed by atoms with Gasteiger partial charge in [-0.15, -0.1) is 10.2 Å². The molecular formula is C16H21N5O2S. The molecule has 128 valence electrons. The first-order valence-corrected chi connectivity index (χ1v) is 8.62. The van der Waals surface area contributed by atoms with E-state index in [1.165, 1.54) is 11.8 Å². The Morgan fingerprint density at radius 1 is 1.29 bits per heavy atom. The molecule has 3 N–H and O–H groups in total. The highest BCUT2D eigenvalue weighted by atomic mass is 32.2. The van der Waals surface area contributed by atoms with E-state index in [4.69, 9.17) is 5.73 Å². The lowest BCUT2D eigenvalue weighted by atomic mass is 10.3. The van der Waals surface area contributed by atoms with Gasteiger partial charge in [0.25, 0.3) is 0 Å². The van der Waals surface area contributed by atoms with Crippen LogP contribution in [0.4, 0.5) is 5.69 Å². The predicted molar refractivity (Wildman–Crippen MR) is 93.6 cm³/mol. The Morgan fingerprint density at radius 2 is 2.00 bits per heavy atom. The van der Waals surface area contributed by atoms with E-state index in [-0.39, 0.29) is 23.5 Å². The highest BCUT2D eigenvalue weighted by molar-refractivity contribution is 8.00. The van der Waals surface area contributed by atoms with Gasteiger partial charge in [-0.25, -0.2) is 0 Å². The minimum Gasteiger partial charge on any atom is -0.370 e. The number of nitrogens with one attached hydrogen (secondary N) is 1. The number of hydrogen-bond donors (Lipinski definition) is 2. The molecule has 0 radical (unpaired) electrons. The number of hydrogen-bond acceptors (Lipinski definition) is 5. The highest BCUT2D eigenvalue weighted by Gasteiger charge is 2.19. The first-order valence-electron chi connectivity index (χ1n) is 7.74. The third kappa shape index (κ3) is 4.82. The normalized spacial score (nSPS) is 11.9. The van der Waals surface area contributed by atoms with Gasteiger partial charge in [0.2, 0.25) is 11.8 Å². The molecule has 1 aromatic heterocycles. The Labute approximate surface area is 145 Å². The predicted octanol–water partition coefficient (Wildman–Crippen LogP) is 1.84. The van der Waals surface area contributed by atoms with Gasteiger partial charge in [0.1, 0.15) is 5.82 Å². The van der Waals surface area contributed by atoms with Crippen molar-refractivity contribution in [3.05, 3.63) is 36.2 Å². The first-order chi connectivity index (χ1) is 11.5. The molecule has 0 bridgehead atoms. The number of nitrogens with two attached hydrogens (primary N) is 1. The molecule has 0 spiro atoms. The van der Waals surface area contributed by atoms with E-state index in [2.05, 4.69) is 15.5 Å². The van der Waals surface area contributed by atoms with E-state index in [0.717, 1.165) is 5.69 Å². The van der Waals surface area contributed by atoms with Crippen molar-refractivity contribution < 1.29 is 9.59 Å². The van der Waals surface area contributed by atoms with Crippen LogP contribution in [0.2, 0.25) is 0 Å². The topological polar surface area (TPSA) is 103 Å². The van der Waals surface area contributed by atoms with Crippen LogP contribution in [-0.4, -0.2) is 31.8 Å². The second kappa shape index (κ2) is 8.49. The fraction of sp³-hybridized carbons (Fsp3) is 0.375. The molecule has 24 heavy (non-hydrogen) atoms. The minimum atomic E-state index is -0.370. The van der Waals surface area contributed by atoms with Gasteiger partial charge in [-0.05, 0) is 26.0 Å². The summed E-state index contributed by atoms with van der Waals surface area (Å²) in [6.45, 7) is 4.45. The van der Waals surface area contributed by atoms with Crippen molar-refractivity contribution in [2.45, 2.75) is 43.6 Å². The molecule has 7 nitrogen and oxygen atoms in total. The number of benzene rings is 1. The lowest BCUT2D eigenvalue weighted by molar-refractivity contribution is -0.118. The van der Waals surface area contributed by atoms with Crippen molar-refractivity contribution in [2.75, 3.05) is 5.32 Å². The smallest absolute Gasteiger partial charge is 0.237 e. The van der Waals surface area contributed by atoms with Crippen LogP contribution in [0.1, 0.15) is 26.1 Å². The molecule has 2 aromatic rings. The Morgan fingerprint density at radius 3 is 2.62 bits per heavy atom. The van der Waals surface area contributed by atoms with E-state index < -0.39 is 0 Å². The van der Waals surface area contributed by atoms with Gasteiger partial charge in [-0.3, -0.25) is 9.59 Å². The van der Waals surface area contributed by atoms with Crippen molar-refractivity contribution in [3.8, 4) is 0 Å². The maximum atomic E-state index is 12.3. The fourth-order valence-corrected chi connectivity index (χ4v) is 3.05. The average Bonchev–Trinajstić information content (AvgIpc) is 2.95. The largest absolute Gasteiger partial charge is 0.370 e. The summed E-state index contributed by atoms with van der Waals surface area (Å²) in [7, 11) is 0. The maximum Gasteiger partial charge on any atom is 0.237 e. The number of aryl methyl sites for hydroxylation is 1. The van der Waals surface area contributed by atoms with Crippen LogP contribution >= 0.6 is 11.8 Å². The summed E-state index contributed by atoms with van der Waals surface area (Å²) in [6.07, 6.45) is 0.675. The summed E-state index contributed by atoms with van der Waals surface area (Å²) in [5, 5.41) is 11.4. The number of primary amides is 1. The van der Waals surface area contributed by atoms with E-state index in [9.17, 15) is 9.59 Å². The molecular weight excluding hydrogens is 326 g/mol. The maximum absolute atomic E-state index is 12.3. The number of amides is 2. The van der Waals surface area contributed by atoms with Gasteiger partial charge in [0.05, 0.1) is 5.25 Å². The molecule has 2 rings (SSSR count). The van der Waals surface area contributed by atoms with Crippen molar-refractivity contribution >= 4 is 29.3 Å². The third-order valence-electron chi connectivity index (χ3n) is 3.40. The van der Waals surface area contributed by atoms with Crippen LogP contribution in [0, 0.1) is 0 Å². The summed E-state index contributed by atoms with van der Waals surface area (Å²) < 4.78 is 1.90. The van der Waals surface area contributed by atoms with Crippen LogP contribution in [-0.2, 0) is 22.6 Å². The number of rotatable bonds is 8. The van der Waals surface area contributed by atoms with Crippen molar-refractivity contribution in [3.63, 3.8) is 0 Å². The number of thioether (sulfide) groups is 1. The zero-order chi connectivity index (χ0) is 17.5. The molecule has 0 aliphatic rings. The third-order valence-corrected chi connectivity index (χ3v) is 4.48. The van der Waals surface area contributed by atoms with Crippen LogP contribution < -0.4 is 11.1 Å². The minimum absolute atomic E-state index is 0.101. The van der Waals surface area contributed by atoms with Gasteiger partial charge in [0.15, 0.2) is 5.16 Å². The Kier molecular flexibility index (Phi) is 6.36. The second-order valence-electron chi connectivity index (χ2n) is 5.22. The number of carbonyl (C=O) groups is 2. The van der Waals surface area contributed by atoms with Crippen molar-refractivity contribution in [2.24, 2.45) is 5.73 Å². The second-order valence-corrected chi connectivity index (χ2v) is 6.53. The molecule has 8 heteroatoms. The summed E-state index contributed by atoms with van der Waals surface area (Å²) in [6, 6.07) is 9.31. The van der Waals surface area contributed by atoms with Crippen LogP contribution in [0.5, 0.6) is 0 Å². The lowest BCUT2D eigenvalue weighted by Gasteiger charge is -2.12. The quantitative estimate of drug-likeness (QED) is 0.709. The summed E-state index contributed by atoms with van der Waals surface area (Å²) in [5.74, 6) is 0.232. The Bertz CT molecular complexity index is 702. The molecule has 0 fully saturated rings. The molecule has 1 aromatic carbocycles. The number of anilines is 1. The van der Waals surface area contributed by atoms with E-state index in [0.29, 0.717) is 23.9 Å². The van der Waals surface area contributed by atoms with Gasteiger partial charge >= 0.3 is 0 Å². The van der Waals surface area contributed by atoms with Crippen molar-refractivity contribution in [1.82, 2.24) is 14.8 Å². The molecule has 1 atom stereocenters. The Balaban J connectivity index is 2.01. The Hall–Kier alpha value is -2.35. The van der Waals surface area contributed by atoms with Crippen LogP contribution in [0.15, 0.2) is 35.5 Å². The summed E-state index contributed by atoms with van der Waals surface area (Å²) >= 11 is 1.34. The fourth-order valence-electron chi connectivity index (χ4n) is 2.12. The molecule has 1 heterocycles. The van der Waals surface area contributed by atoms with Crippen molar-refractivity contribution in [1.29, 1.82) is 0 Å². The monoisotopic (exact) mass is 347 g/mol. The zero-order valence-corrected chi connectivity index (χ0v) is 14.5. The lowest BCUT2D eigenvalue weighted by Crippen LogP contribution is -2.23. The van der Waals surface area contributed by atoms with E-state index in [1.54, 1.807) is 0 Å². The van der Waals surface area contributed by atoms with Gasteiger partial charge < -0.3 is 15.6 Å². The van der Waals surface area contributed by atoms with Crippen LogP contribution in [0.25, 0.3) is 0 Å². The van der Waals surface area contributed by atoms with Crippen LogP contribution in [0.3, 0.4) is 0 Å². The number of para-hydroxylation sites is 1. The molecule has 0 saturated carbocycles. The molecule has 0 saturated heterocycles. The standard InChI is InChI=1S/C16H21N5O2S/c1-3-21-14(10-9-13(17)22)19-20-16(21)24-11(2)15(23)18-12-7-5-4-6-8-12/h4-8,11H,3,9-10H2,1-2H3,(H2,17,22)(H,18,23)/t11-/m0/s1. The number of aromatic nitrogens is 3. The average molecular weight is 347 g/mol. The molecule has 0 unspecified atom stereocenters. The van der Waals surface area contributed by atoms with E-state index in [1.807, 2.05) is 48.7 Å². The number of nitrogens with zero attached hydrogens (tertiary/aromatic N) is 3.